The zero-order chi connectivity index (χ0) is 14.8. The van der Waals surface area contributed by atoms with Gasteiger partial charge in [0.15, 0.2) is 0 Å². The van der Waals surface area contributed by atoms with Crippen LogP contribution in [0.1, 0.15) is 11.4 Å². The van der Waals surface area contributed by atoms with Crippen LogP contribution in [0.15, 0.2) is 36.5 Å². The Bertz CT molecular complexity index is 779. The van der Waals surface area contributed by atoms with Crippen molar-refractivity contribution in [3.8, 4) is 0 Å². The predicted octanol–water partition coefficient (Wildman–Crippen LogP) is 1.66. The van der Waals surface area contributed by atoms with Crippen LogP contribution in [0, 0.1) is 0 Å². The number of hydrogen-bond donors (Lipinski definition) is 1. The average molecular weight is 280 g/mol. The molecule has 0 fully saturated rings. The molecule has 2 N–H and O–H groups in total. The highest BCUT2D eigenvalue weighted by Gasteiger charge is 2.09. The minimum Gasteiger partial charge on any atom is -0.368 e. The van der Waals surface area contributed by atoms with Gasteiger partial charge in [0.25, 0.3) is 0 Å². The molecule has 2 aromatic heterocycles. The fraction of sp³-hybridized carbons (Fsp3) is 0.200. The van der Waals surface area contributed by atoms with Gasteiger partial charge in [0, 0.05) is 32.1 Å². The van der Waals surface area contributed by atoms with Crippen molar-refractivity contribution in [1.29, 1.82) is 0 Å². The fourth-order valence-electron chi connectivity index (χ4n) is 2.18. The molecule has 0 unspecified atom stereocenters. The van der Waals surface area contributed by atoms with Gasteiger partial charge in [0.05, 0.1) is 5.52 Å². The van der Waals surface area contributed by atoms with Crippen molar-refractivity contribution in [3.05, 3.63) is 47.9 Å². The number of nitrogens with zero attached hydrogens (tertiary/aromatic N) is 5. The van der Waals surface area contributed by atoms with Crippen molar-refractivity contribution >= 4 is 22.8 Å². The maximum atomic E-state index is 5.76. The molecule has 0 saturated carbocycles. The Labute approximate surface area is 122 Å². The van der Waals surface area contributed by atoms with Crippen molar-refractivity contribution in [2.24, 2.45) is 0 Å². The van der Waals surface area contributed by atoms with E-state index in [0.717, 1.165) is 16.5 Å². The SMILES string of the molecule is CN(C)c1nc(N)nc(Cc2ccnc3ccccc23)n1. The van der Waals surface area contributed by atoms with Gasteiger partial charge in [0.2, 0.25) is 11.9 Å². The summed E-state index contributed by atoms with van der Waals surface area (Å²) in [6, 6.07) is 10.0. The minimum absolute atomic E-state index is 0.238. The number of rotatable bonds is 3. The smallest absolute Gasteiger partial charge is 0.229 e. The second-order valence-corrected chi connectivity index (χ2v) is 4.97. The van der Waals surface area contributed by atoms with E-state index in [0.29, 0.717) is 18.2 Å². The first-order chi connectivity index (χ1) is 10.1. The zero-order valence-corrected chi connectivity index (χ0v) is 12.0. The second kappa shape index (κ2) is 5.32. The number of benzene rings is 1. The number of nitrogens with two attached hydrogens (primary N) is 1. The lowest BCUT2D eigenvalue weighted by molar-refractivity contribution is 0.894. The summed E-state index contributed by atoms with van der Waals surface area (Å²) >= 11 is 0. The van der Waals surface area contributed by atoms with Crippen LogP contribution < -0.4 is 10.6 Å². The molecule has 0 radical (unpaired) electrons. The van der Waals surface area contributed by atoms with E-state index in [1.54, 1.807) is 6.20 Å². The summed E-state index contributed by atoms with van der Waals surface area (Å²) in [5.74, 6) is 1.46. The van der Waals surface area contributed by atoms with Crippen molar-refractivity contribution in [2.45, 2.75) is 6.42 Å². The van der Waals surface area contributed by atoms with Gasteiger partial charge >= 0.3 is 0 Å². The Morgan fingerprint density at radius 2 is 1.86 bits per heavy atom. The maximum absolute atomic E-state index is 5.76. The normalized spacial score (nSPS) is 10.8. The fourth-order valence-corrected chi connectivity index (χ4v) is 2.18. The maximum Gasteiger partial charge on any atom is 0.229 e. The lowest BCUT2D eigenvalue weighted by atomic mass is 10.1. The summed E-state index contributed by atoms with van der Waals surface area (Å²) in [6.45, 7) is 0. The zero-order valence-electron chi connectivity index (χ0n) is 12.0. The van der Waals surface area contributed by atoms with Crippen LogP contribution in [-0.2, 0) is 6.42 Å². The summed E-state index contributed by atoms with van der Waals surface area (Å²) in [4.78, 5) is 18.9. The quantitative estimate of drug-likeness (QED) is 0.786. The Morgan fingerprint density at radius 3 is 2.67 bits per heavy atom. The van der Waals surface area contributed by atoms with E-state index in [2.05, 4.69) is 26.0 Å². The second-order valence-electron chi connectivity index (χ2n) is 4.97. The Kier molecular flexibility index (Phi) is 3.35. The number of nitrogen functional groups attached to an aromatic ring is 1. The van der Waals surface area contributed by atoms with Gasteiger partial charge in [-0.25, -0.2) is 0 Å². The molecule has 0 atom stereocenters. The largest absolute Gasteiger partial charge is 0.368 e. The third-order valence-corrected chi connectivity index (χ3v) is 3.18. The summed E-state index contributed by atoms with van der Waals surface area (Å²) in [6.07, 6.45) is 2.39. The number of anilines is 2. The van der Waals surface area contributed by atoms with Gasteiger partial charge in [0.1, 0.15) is 5.82 Å². The third-order valence-electron chi connectivity index (χ3n) is 3.18. The highest BCUT2D eigenvalue weighted by Crippen LogP contribution is 2.19. The summed E-state index contributed by atoms with van der Waals surface area (Å²) in [7, 11) is 3.75. The van der Waals surface area contributed by atoms with Gasteiger partial charge in [-0.05, 0) is 17.7 Å². The standard InChI is InChI=1S/C15H16N6/c1-21(2)15-19-13(18-14(16)20-15)9-10-7-8-17-12-6-4-3-5-11(10)12/h3-8H,9H2,1-2H3,(H2,16,18,19,20). The first kappa shape index (κ1) is 13.2. The minimum atomic E-state index is 0.238. The van der Waals surface area contributed by atoms with Crippen LogP contribution >= 0.6 is 0 Å². The molecule has 0 saturated heterocycles. The number of hydrogen-bond acceptors (Lipinski definition) is 6. The monoisotopic (exact) mass is 280 g/mol. The van der Waals surface area contributed by atoms with Crippen LogP contribution in [0.3, 0.4) is 0 Å². The molecule has 0 aliphatic rings. The van der Waals surface area contributed by atoms with E-state index in [9.17, 15) is 0 Å². The van der Waals surface area contributed by atoms with Crippen molar-refractivity contribution in [1.82, 2.24) is 19.9 Å². The van der Waals surface area contributed by atoms with E-state index < -0.39 is 0 Å². The van der Waals surface area contributed by atoms with Crippen molar-refractivity contribution in [2.75, 3.05) is 24.7 Å². The van der Waals surface area contributed by atoms with Gasteiger partial charge in [-0.15, -0.1) is 0 Å². The molecule has 0 aliphatic heterocycles. The number of aromatic nitrogens is 4. The van der Waals surface area contributed by atoms with Crippen LogP contribution in [0.25, 0.3) is 10.9 Å². The summed E-state index contributed by atoms with van der Waals surface area (Å²) in [5, 5.41) is 1.10. The number of para-hydroxylation sites is 1. The Morgan fingerprint density at radius 1 is 1.05 bits per heavy atom. The van der Waals surface area contributed by atoms with Crippen molar-refractivity contribution < 1.29 is 0 Å². The Hall–Kier alpha value is -2.76. The summed E-state index contributed by atoms with van der Waals surface area (Å²) < 4.78 is 0. The average Bonchev–Trinajstić information content (AvgIpc) is 2.47. The van der Waals surface area contributed by atoms with E-state index in [1.807, 2.05) is 43.3 Å². The predicted molar refractivity (Wildman–Crippen MR) is 83.1 cm³/mol. The third kappa shape index (κ3) is 2.74. The van der Waals surface area contributed by atoms with Crippen LogP contribution in [-0.4, -0.2) is 34.0 Å². The molecule has 6 heteroatoms. The Balaban J connectivity index is 2.03. The lowest BCUT2D eigenvalue weighted by Gasteiger charge is -2.12. The van der Waals surface area contributed by atoms with E-state index in [-0.39, 0.29) is 5.95 Å². The molecular weight excluding hydrogens is 264 g/mol. The molecule has 0 aliphatic carbocycles. The van der Waals surface area contributed by atoms with E-state index in [4.69, 9.17) is 5.73 Å². The van der Waals surface area contributed by atoms with Gasteiger partial charge < -0.3 is 10.6 Å². The molecule has 6 nitrogen and oxygen atoms in total. The van der Waals surface area contributed by atoms with Crippen LogP contribution in [0.5, 0.6) is 0 Å². The molecule has 3 rings (SSSR count). The van der Waals surface area contributed by atoms with Gasteiger partial charge in [-0.3, -0.25) is 4.98 Å². The lowest BCUT2D eigenvalue weighted by Crippen LogP contribution is -2.16. The van der Waals surface area contributed by atoms with E-state index in [1.165, 1.54) is 0 Å². The first-order valence-electron chi connectivity index (χ1n) is 6.64. The van der Waals surface area contributed by atoms with Crippen LogP contribution in [0.2, 0.25) is 0 Å². The van der Waals surface area contributed by atoms with Crippen LogP contribution in [0.4, 0.5) is 11.9 Å². The number of fused-ring (bicyclic) bond motifs is 1. The molecule has 3 aromatic rings. The molecule has 0 spiro atoms. The van der Waals surface area contributed by atoms with Gasteiger partial charge in [-0.1, -0.05) is 18.2 Å². The van der Waals surface area contributed by atoms with Crippen molar-refractivity contribution in [3.63, 3.8) is 0 Å². The molecule has 0 bridgehead atoms. The summed E-state index contributed by atoms with van der Waals surface area (Å²) in [5.41, 5.74) is 7.85. The molecule has 0 amide bonds. The molecular formula is C15H16N6. The molecule has 106 valence electrons. The topological polar surface area (TPSA) is 80.8 Å². The molecule has 21 heavy (non-hydrogen) atoms. The van der Waals surface area contributed by atoms with E-state index >= 15 is 0 Å². The first-order valence-corrected chi connectivity index (χ1v) is 6.64. The highest BCUT2D eigenvalue weighted by atomic mass is 15.3. The molecule has 1 aromatic carbocycles. The number of pyridine rings is 1. The van der Waals surface area contributed by atoms with Gasteiger partial charge in [-0.2, -0.15) is 15.0 Å². The molecule has 2 heterocycles. The highest BCUT2D eigenvalue weighted by molar-refractivity contribution is 5.82.